The van der Waals surface area contributed by atoms with Gasteiger partial charge in [-0.3, -0.25) is 9.59 Å². The number of fused-ring (bicyclic) bond motifs is 2. The van der Waals surface area contributed by atoms with Crippen molar-refractivity contribution >= 4 is 33.4 Å². The van der Waals surface area contributed by atoms with Crippen LogP contribution in [0.2, 0.25) is 0 Å². The molecule has 0 saturated carbocycles. The standard InChI is InChI=1S/C38H48N4O3/c1-26(2)19-34-25-41(37(43)35(39)22-27-14-16-29-9-4-6-11-31(29)20-27)33(13-8-18-45-3)24-42(34)38(44)36(40)23-28-15-17-30-10-5-7-12-32(30)21-28/h4-7,9-12,14-17,20-21,26,33-36H,8,13,18-19,22-25,39-40H2,1-3H3/t33-,34+,35?,36?/m0/s1. The van der Waals surface area contributed by atoms with Crippen molar-refractivity contribution < 1.29 is 14.3 Å². The lowest BCUT2D eigenvalue weighted by molar-refractivity contribution is -0.149. The van der Waals surface area contributed by atoms with Gasteiger partial charge in [0.25, 0.3) is 0 Å². The first-order valence-electron chi connectivity index (χ1n) is 16.3. The van der Waals surface area contributed by atoms with Crippen LogP contribution in [0.5, 0.6) is 0 Å². The smallest absolute Gasteiger partial charge is 0.240 e. The Morgan fingerprint density at radius 3 is 1.69 bits per heavy atom. The quantitative estimate of drug-likeness (QED) is 0.212. The SMILES string of the molecule is COCCC[C@H]1CN(C(=O)C(N)Cc2ccc3ccccc3c2)[C@H](CC(C)C)CN1C(=O)C(N)Cc1ccc2ccccc2c1. The maximum Gasteiger partial charge on any atom is 0.240 e. The Morgan fingerprint density at radius 1 is 0.733 bits per heavy atom. The number of rotatable bonds is 12. The summed E-state index contributed by atoms with van der Waals surface area (Å²) >= 11 is 0. The van der Waals surface area contributed by atoms with E-state index in [2.05, 4.69) is 74.5 Å². The van der Waals surface area contributed by atoms with Crippen molar-refractivity contribution in [2.75, 3.05) is 26.8 Å². The predicted molar refractivity (Wildman–Crippen MR) is 183 cm³/mol. The summed E-state index contributed by atoms with van der Waals surface area (Å²) in [5, 5.41) is 4.60. The van der Waals surface area contributed by atoms with Gasteiger partial charge in [0.15, 0.2) is 0 Å². The zero-order valence-corrected chi connectivity index (χ0v) is 26.9. The lowest BCUT2D eigenvalue weighted by Crippen LogP contribution is -2.65. The second kappa shape index (κ2) is 15.0. The van der Waals surface area contributed by atoms with Crippen LogP contribution >= 0.6 is 0 Å². The maximum atomic E-state index is 14.0. The van der Waals surface area contributed by atoms with Crippen LogP contribution in [0.4, 0.5) is 0 Å². The van der Waals surface area contributed by atoms with Gasteiger partial charge in [-0.05, 0) is 70.7 Å². The molecule has 1 fully saturated rings. The molecule has 1 heterocycles. The Morgan fingerprint density at radius 2 is 1.20 bits per heavy atom. The van der Waals surface area contributed by atoms with E-state index >= 15 is 0 Å². The first-order chi connectivity index (χ1) is 21.7. The molecule has 4 atom stereocenters. The molecule has 1 aliphatic rings. The van der Waals surface area contributed by atoms with Crippen LogP contribution in [0, 0.1) is 5.92 Å². The van der Waals surface area contributed by atoms with E-state index in [9.17, 15) is 9.59 Å². The fourth-order valence-corrected chi connectivity index (χ4v) is 6.79. The van der Waals surface area contributed by atoms with Crippen molar-refractivity contribution in [1.29, 1.82) is 0 Å². The van der Waals surface area contributed by atoms with E-state index in [0.29, 0.717) is 38.5 Å². The zero-order chi connectivity index (χ0) is 31.9. The minimum atomic E-state index is -0.673. The molecule has 1 saturated heterocycles. The number of nitrogens with two attached hydrogens (primary N) is 2. The summed E-state index contributed by atoms with van der Waals surface area (Å²) in [6.07, 6.45) is 3.20. The van der Waals surface area contributed by atoms with Gasteiger partial charge in [-0.2, -0.15) is 0 Å². The van der Waals surface area contributed by atoms with Gasteiger partial charge in [0, 0.05) is 38.9 Å². The minimum absolute atomic E-state index is 0.0573. The Hall–Kier alpha value is -3.78. The van der Waals surface area contributed by atoms with Gasteiger partial charge in [-0.15, -0.1) is 0 Å². The molecule has 0 radical (unpaired) electrons. The number of carbonyl (C=O) groups is 2. The molecule has 238 valence electrons. The summed E-state index contributed by atoms with van der Waals surface area (Å²) in [6.45, 7) is 5.79. The molecule has 7 nitrogen and oxygen atoms in total. The second-order valence-corrected chi connectivity index (χ2v) is 13.0. The second-order valence-electron chi connectivity index (χ2n) is 13.0. The van der Waals surface area contributed by atoms with Crippen molar-refractivity contribution in [3.8, 4) is 0 Å². The molecule has 0 aliphatic carbocycles. The number of ether oxygens (including phenoxy) is 1. The highest BCUT2D eigenvalue weighted by molar-refractivity contribution is 5.87. The van der Waals surface area contributed by atoms with Gasteiger partial charge in [-0.25, -0.2) is 0 Å². The highest BCUT2D eigenvalue weighted by atomic mass is 16.5. The maximum absolute atomic E-state index is 14.0. The van der Waals surface area contributed by atoms with Gasteiger partial charge in [0.05, 0.1) is 12.1 Å². The van der Waals surface area contributed by atoms with Crippen molar-refractivity contribution in [2.45, 2.75) is 70.1 Å². The number of amides is 2. The van der Waals surface area contributed by atoms with Crippen LogP contribution in [-0.2, 0) is 27.2 Å². The van der Waals surface area contributed by atoms with E-state index in [0.717, 1.165) is 51.9 Å². The van der Waals surface area contributed by atoms with Crippen molar-refractivity contribution in [3.05, 3.63) is 96.1 Å². The van der Waals surface area contributed by atoms with E-state index in [-0.39, 0.29) is 23.9 Å². The number of hydrogen-bond donors (Lipinski definition) is 2. The van der Waals surface area contributed by atoms with Crippen LogP contribution in [0.25, 0.3) is 21.5 Å². The molecule has 4 aromatic rings. The molecule has 2 amide bonds. The van der Waals surface area contributed by atoms with Crippen molar-refractivity contribution in [3.63, 3.8) is 0 Å². The van der Waals surface area contributed by atoms with E-state index in [1.807, 2.05) is 34.1 Å². The fraction of sp³-hybridized carbons (Fsp3) is 0.421. The Labute approximate surface area is 267 Å². The molecule has 0 spiro atoms. The molecule has 0 bridgehead atoms. The number of methoxy groups -OCH3 is 1. The average molecular weight is 609 g/mol. The van der Waals surface area contributed by atoms with Crippen LogP contribution in [0.3, 0.4) is 0 Å². The first kappa shape index (κ1) is 32.6. The molecule has 45 heavy (non-hydrogen) atoms. The van der Waals surface area contributed by atoms with Crippen LogP contribution in [0.1, 0.15) is 44.2 Å². The largest absolute Gasteiger partial charge is 0.385 e. The van der Waals surface area contributed by atoms with E-state index < -0.39 is 12.1 Å². The highest BCUT2D eigenvalue weighted by Gasteiger charge is 2.40. The zero-order valence-electron chi connectivity index (χ0n) is 26.9. The molecule has 1 aliphatic heterocycles. The van der Waals surface area contributed by atoms with E-state index in [1.165, 1.54) is 0 Å². The van der Waals surface area contributed by atoms with Crippen molar-refractivity contribution in [2.24, 2.45) is 17.4 Å². The average Bonchev–Trinajstić information content (AvgIpc) is 3.04. The summed E-state index contributed by atoms with van der Waals surface area (Å²) in [6, 6.07) is 27.3. The highest BCUT2D eigenvalue weighted by Crippen LogP contribution is 2.26. The number of nitrogens with zero attached hydrogens (tertiary/aromatic N) is 2. The fourth-order valence-electron chi connectivity index (χ4n) is 6.79. The third-order valence-electron chi connectivity index (χ3n) is 9.07. The third kappa shape index (κ3) is 8.09. The minimum Gasteiger partial charge on any atom is -0.385 e. The van der Waals surface area contributed by atoms with Crippen LogP contribution in [0.15, 0.2) is 84.9 Å². The molecule has 0 aromatic heterocycles. The molecule has 7 heteroatoms. The van der Waals surface area contributed by atoms with Gasteiger partial charge in [-0.1, -0.05) is 98.8 Å². The molecule has 5 rings (SSSR count). The molecular weight excluding hydrogens is 560 g/mol. The molecule has 2 unspecified atom stereocenters. The normalized spacial score (nSPS) is 18.4. The monoisotopic (exact) mass is 608 g/mol. The summed E-state index contributed by atoms with van der Waals surface area (Å²) in [4.78, 5) is 32.0. The summed E-state index contributed by atoms with van der Waals surface area (Å²) in [5.74, 6) is 0.222. The van der Waals surface area contributed by atoms with E-state index in [1.54, 1.807) is 7.11 Å². The Kier molecular flexibility index (Phi) is 10.9. The lowest BCUT2D eigenvalue weighted by atomic mass is 9.93. The van der Waals surface area contributed by atoms with E-state index in [4.69, 9.17) is 16.2 Å². The summed E-state index contributed by atoms with van der Waals surface area (Å²) in [7, 11) is 1.68. The summed E-state index contributed by atoms with van der Waals surface area (Å²) < 4.78 is 5.34. The molecule has 4 aromatic carbocycles. The van der Waals surface area contributed by atoms with Crippen molar-refractivity contribution in [1.82, 2.24) is 9.80 Å². The lowest BCUT2D eigenvalue weighted by Gasteiger charge is -2.48. The molecular formula is C38H48N4O3. The summed E-state index contributed by atoms with van der Waals surface area (Å²) in [5.41, 5.74) is 15.4. The topological polar surface area (TPSA) is 102 Å². The number of benzene rings is 4. The van der Waals surface area contributed by atoms with Crippen LogP contribution in [-0.4, -0.2) is 72.6 Å². The number of hydrogen-bond acceptors (Lipinski definition) is 5. The Bertz CT molecular complexity index is 1600. The Balaban J connectivity index is 1.33. The van der Waals surface area contributed by atoms with Crippen LogP contribution < -0.4 is 11.5 Å². The van der Waals surface area contributed by atoms with Gasteiger partial charge < -0.3 is 26.0 Å². The number of piperazine rings is 1. The number of carbonyl (C=O) groups excluding carboxylic acids is 2. The predicted octanol–water partition coefficient (Wildman–Crippen LogP) is 5.31. The van der Waals surface area contributed by atoms with Gasteiger partial charge >= 0.3 is 0 Å². The third-order valence-corrected chi connectivity index (χ3v) is 9.07. The van der Waals surface area contributed by atoms with Gasteiger partial charge in [0.1, 0.15) is 0 Å². The van der Waals surface area contributed by atoms with Gasteiger partial charge in [0.2, 0.25) is 11.8 Å². The molecule has 4 N–H and O–H groups in total. The first-order valence-corrected chi connectivity index (χ1v) is 16.3.